The highest BCUT2D eigenvalue weighted by atomic mass is 32.1. The average molecular weight is 239 g/mol. The highest BCUT2D eigenvalue weighted by Gasteiger charge is 2.08. The Balaban J connectivity index is 2.49. The molecule has 3 N–H and O–H groups in total. The van der Waals surface area contributed by atoms with Crippen molar-refractivity contribution in [3.8, 4) is 0 Å². The Morgan fingerprint density at radius 2 is 2.38 bits per heavy atom. The Labute approximate surface area is 99.6 Å². The Hall–Kier alpha value is -1.20. The van der Waals surface area contributed by atoms with E-state index in [4.69, 9.17) is 5.73 Å². The van der Waals surface area contributed by atoms with Crippen molar-refractivity contribution in [2.75, 3.05) is 13.1 Å². The largest absolute Gasteiger partial charge is 0.347 e. The van der Waals surface area contributed by atoms with E-state index in [0.29, 0.717) is 18.8 Å². The van der Waals surface area contributed by atoms with Gasteiger partial charge in [0.25, 0.3) is 5.91 Å². The quantitative estimate of drug-likeness (QED) is 0.762. The summed E-state index contributed by atoms with van der Waals surface area (Å²) in [5.41, 5.74) is 7.08. The van der Waals surface area contributed by atoms with Crippen LogP contribution < -0.4 is 11.1 Å². The van der Waals surface area contributed by atoms with Gasteiger partial charge in [-0.25, -0.2) is 4.98 Å². The standard InChI is InChI=1S/C11H17N3OS/c1-8(2)4-6-13-11(15)9-7-16-10(14-9)3-5-12/h4,7H,3,5-6,12H2,1-2H3,(H,13,15). The fourth-order valence-electron chi connectivity index (χ4n) is 1.09. The number of hydrogen-bond acceptors (Lipinski definition) is 4. The molecule has 88 valence electrons. The zero-order valence-corrected chi connectivity index (χ0v) is 10.4. The van der Waals surface area contributed by atoms with E-state index in [9.17, 15) is 4.79 Å². The summed E-state index contributed by atoms with van der Waals surface area (Å²) in [6.45, 7) is 5.10. The summed E-state index contributed by atoms with van der Waals surface area (Å²) in [6.07, 6.45) is 2.69. The van der Waals surface area contributed by atoms with Crippen LogP contribution in [0.25, 0.3) is 0 Å². The van der Waals surface area contributed by atoms with E-state index in [2.05, 4.69) is 10.3 Å². The van der Waals surface area contributed by atoms with Crippen molar-refractivity contribution < 1.29 is 4.79 Å². The molecule has 0 spiro atoms. The minimum absolute atomic E-state index is 0.128. The predicted molar refractivity (Wildman–Crippen MR) is 66.6 cm³/mol. The van der Waals surface area contributed by atoms with Crippen molar-refractivity contribution in [2.45, 2.75) is 20.3 Å². The monoisotopic (exact) mass is 239 g/mol. The van der Waals surface area contributed by atoms with E-state index in [1.807, 2.05) is 19.9 Å². The number of thiazole rings is 1. The number of carbonyl (C=O) groups excluding carboxylic acids is 1. The molecule has 0 aliphatic heterocycles. The molecule has 1 amide bonds. The van der Waals surface area contributed by atoms with Crippen LogP contribution in [0.5, 0.6) is 0 Å². The summed E-state index contributed by atoms with van der Waals surface area (Å²) in [4.78, 5) is 15.8. The zero-order valence-electron chi connectivity index (χ0n) is 9.62. The van der Waals surface area contributed by atoms with Gasteiger partial charge in [-0.1, -0.05) is 11.6 Å². The van der Waals surface area contributed by atoms with Crippen molar-refractivity contribution in [1.82, 2.24) is 10.3 Å². The highest BCUT2D eigenvalue weighted by Crippen LogP contribution is 2.09. The number of amides is 1. The van der Waals surface area contributed by atoms with Gasteiger partial charge in [0.1, 0.15) is 5.69 Å². The third kappa shape index (κ3) is 4.12. The molecule has 0 saturated heterocycles. The number of nitrogens with one attached hydrogen (secondary N) is 1. The minimum Gasteiger partial charge on any atom is -0.347 e. The Morgan fingerprint density at radius 3 is 3.00 bits per heavy atom. The first-order chi connectivity index (χ1) is 7.63. The molecule has 4 nitrogen and oxygen atoms in total. The summed E-state index contributed by atoms with van der Waals surface area (Å²) < 4.78 is 0. The third-order valence-electron chi connectivity index (χ3n) is 1.92. The van der Waals surface area contributed by atoms with Crippen molar-refractivity contribution in [3.63, 3.8) is 0 Å². The number of aromatic nitrogens is 1. The van der Waals surface area contributed by atoms with Crippen molar-refractivity contribution in [2.24, 2.45) is 5.73 Å². The number of hydrogen-bond donors (Lipinski definition) is 2. The van der Waals surface area contributed by atoms with Crippen molar-refractivity contribution >= 4 is 17.2 Å². The maximum atomic E-state index is 11.6. The number of rotatable bonds is 5. The molecule has 0 aromatic carbocycles. The van der Waals surface area contributed by atoms with Crippen LogP contribution in [0.3, 0.4) is 0 Å². The smallest absolute Gasteiger partial charge is 0.271 e. The van der Waals surface area contributed by atoms with E-state index in [1.54, 1.807) is 5.38 Å². The maximum Gasteiger partial charge on any atom is 0.271 e. The summed E-state index contributed by atoms with van der Waals surface area (Å²) in [6, 6.07) is 0. The molecule has 5 heteroatoms. The van der Waals surface area contributed by atoms with Crippen LogP contribution in [0.2, 0.25) is 0 Å². The van der Waals surface area contributed by atoms with Gasteiger partial charge in [-0.05, 0) is 20.4 Å². The second-order valence-corrected chi connectivity index (χ2v) is 4.60. The molecule has 1 heterocycles. The lowest BCUT2D eigenvalue weighted by atomic mass is 10.3. The Kier molecular flexibility index (Phi) is 5.14. The van der Waals surface area contributed by atoms with Gasteiger partial charge < -0.3 is 11.1 Å². The zero-order chi connectivity index (χ0) is 12.0. The van der Waals surface area contributed by atoms with Crippen LogP contribution >= 0.6 is 11.3 Å². The lowest BCUT2D eigenvalue weighted by Gasteiger charge is -1.98. The molecular weight excluding hydrogens is 222 g/mol. The van der Waals surface area contributed by atoms with Gasteiger partial charge in [0.05, 0.1) is 5.01 Å². The fourth-order valence-corrected chi connectivity index (χ4v) is 1.89. The third-order valence-corrected chi connectivity index (χ3v) is 2.82. The van der Waals surface area contributed by atoms with Gasteiger partial charge in [0.2, 0.25) is 0 Å². The van der Waals surface area contributed by atoms with E-state index in [-0.39, 0.29) is 5.91 Å². The number of carbonyl (C=O) groups is 1. The van der Waals surface area contributed by atoms with Gasteiger partial charge in [-0.3, -0.25) is 4.79 Å². The van der Waals surface area contributed by atoms with Crippen molar-refractivity contribution in [3.05, 3.63) is 27.7 Å². The lowest BCUT2D eigenvalue weighted by Crippen LogP contribution is -2.23. The first-order valence-electron chi connectivity index (χ1n) is 5.19. The van der Waals surface area contributed by atoms with E-state index in [1.165, 1.54) is 16.9 Å². The molecule has 0 aliphatic rings. The molecule has 0 fully saturated rings. The van der Waals surface area contributed by atoms with Gasteiger partial charge in [0, 0.05) is 18.3 Å². The fraction of sp³-hybridized carbons (Fsp3) is 0.455. The molecule has 0 aliphatic carbocycles. The number of nitrogens with two attached hydrogens (primary N) is 1. The maximum absolute atomic E-state index is 11.6. The van der Waals surface area contributed by atoms with E-state index < -0.39 is 0 Å². The van der Waals surface area contributed by atoms with Crippen LogP contribution in [0.15, 0.2) is 17.0 Å². The van der Waals surface area contributed by atoms with Crippen LogP contribution in [-0.4, -0.2) is 24.0 Å². The van der Waals surface area contributed by atoms with Gasteiger partial charge >= 0.3 is 0 Å². The van der Waals surface area contributed by atoms with Crippen LogP contribution in [0, 0.1) is 0 Å². The molecule has 1 rings (SSSR count). The molecule has 0 atom stereocenters. The molecule has 1 aromatic heterocycles. The molecule has 0 unspecified atom stereocenters. The van der Waals surface area contributed by atoms with Gasteiger partial charge in [0.15, 0.2) is 0 Å². The first kappa shape index (κ1) is 12.9. The predicted octanol–water partition coefficient (Wildman–Crippen LogP) is 1.34. The SMILES string of the molecule is CC(C)=CCNC(=O)c1csc(CCN)n1. The summed E-state index contributed by atoms with van der Waals surface area (Å²) in [5, 5.41) is 5.46. The number of nitrogens with zero attached hydrogens (tertiary/aromatic N) is 1. The van der Waals surface area contributed by atoms with Crippen LogP contribution in [0.4, 0.5) is 0 Å². The van der Waals surface area contributed by atoms with Crippen LogP contribution in [-0.2, 0) is 6.42 Å². The average Bonchev–Trinajstić information content (AvgIpc) is 2.66. The van der Waals surface area contributed by atoms with E-state index >= 15 is 0 Å². The Bertz CT molecular complexity index is 380. The summed E-state index contributed by atoms with van der Waals surface area (Å²) in [5.74, 6) is -0.128. The second kappa shape index (κ2) is 6.40. The number of allylic oxidation sites excluding steroid dienone is 1. The highest BCUT2D eigenvalue weighted by molar-refractivity contribution is 7.09. The van der Waals surface area contributed by atoms with E-state index in [0.717, 1.165) is 11.4 Å². The topological polar surface area (TPSA) is 68.0 Å². The van der Waals surface area contributed by atoms with Gasteiger partial charge in [-0.2, -0.15) is 0 Å². The van der Waals surface area contributed by atoms with Crippen LogP contribution in [0.1, 0.15) is 29.3 Å². The summed E-state index contributed by atoms with van der Waals surface area (Å²) >= 11 is 1.47. The summed E-state index contributed by atoms with van der Waals surface area (Å²) in [7, 11) is 0. The normalized spacial score (nSPS) is 9.94. The molecular formula is C11H17N3OS. The van der Waals surface area contributed by atoms with Crippen molar-refractivity contribution in [1.29, 1.82) is 0 Å². The first-order valence-corrected chi connectivity index (χ1v) is 6.07. The molecule has 0 bridgehead atoms. The second-order valence-electron chi connectivity index (χ2n) is 3.66. The lowest BCUT2D eigenvalue weighted by molar-refractivity contribution is 0.0953. The molecule has 1 aromatic rings. The Morgan fingerprint density at radius 1 is 1.62 bits per heavy atom. The molecule has 0 radical (unpaired) electrons. The van der Waals surface area contributed by atoms with Gasteiger partial charge in [-0.15, -0.1) is 11.3 Å². The minimum atomic E-state index is -0.128. The molecule has 16 heavy (non-hydrogen) atoms. The molecule has 0 saturated carbocycles.